The predicted molar refractivity (Wildman–Crippen MR) is 126 cm³/mol. The lowest BCUT2D eigenvalue weighted by Crippen LogP contribution is -2.59. The molecule has 3 aromatic rings. The van der Waals surface area contributed by atoms with Gasteiger partial charge in [-0.2, -0.15) is 0 Å². The van der Waals surface area contributed by atoms with E-state index in [9.17, 15) is 9.59 Å². The molecule has 0 bridgehead atoms. The van der Waals surface area contributed by atoms with E-state index in [2.05, 4.69) is 48.0 Å². The minimum atomic E-state index is -0.456. The Kier molecular flexibility index (Phi) is 5.78. The van der Waals surface area contributed by atoms with Gasteiger partial charge in [-0.1, -0.05) is 18.2 Å². The number of aryl methyl sites for hydroxylation is 4. The van der Waals surface area contributed by atoms with Crippen LogP contribution in [-0.2, 0) is 11.3 Å². The Morgan fingerprint density at radius 3 is 2.50 bits per heavy atom. The van der Waals surface area contributed by atoms with Crippen LogP contribution in [-0.4, -0.2) is 45.9 Å². The van der Waals surface area contributed by atoms with Crippen molar-refractivity contribution in [3.8, 4) is 0 Å². The lowest BCUT2D eigenvalue weighted by Gasteiger charge is -2.39. The number of aromatic nitrogens is 2. The Bertz CT molecular complexity index is 1180. The molecule has 0 aliphatic carbocycles. The molecule has 8 nitrogen and oxygen atoms in total. The zero-order valence-electron chi connectivity index (χ0n) is 19.2. The van der Waals surface area contributed by atoms with Crippen LogP contribution in [0.15, 0.2) is 30.5 Å². The molecule has 1 atom stereocenters. The lowest BCUT2D eigenvalue weighted by molar-refractivity contribution is -0.123. The fraction of sp³-hybridized carbons (Fsp3) is 0.375. The summed E-state index contributed by atoms with van der Waals surface area (Å²) < 4.78 is 2.00. The number of hydrogen-bond donors (Lipinski definition) is 3. The number of pyridine rings is 1. The standard InChI is InChI=1S/C24H30N6O2/c1-14-7-6-8-15(2)19(14)12-26-20-11-18(13-30-17(4)16(3)27-22(20)30)28-23(31)21-9-10-29(21)24(32)25-5/h6-8,11,13,21,26H,9-10,12H2,1-5H3,(H,25,32)(H,28,31)/t21-/m0/s1. The normalized spacial score (nSPS) is 15.4. The van der Waals surface area contributed by atoms with Gasteiger partial charge < -0.3 is 25.3 Å². The number of amides is 3. The Hall–Kier alpha value is -3.55. The van der Waals surface area contributed by atoms with Gasteiger partial charge in [0.1, 0.15) is 6.04 Å². The van der Waals surface area contributed by atoms with Crippen molar-refractivity contribution in [3.05, 3.63) is 58.5 Å². The number of carbonyl (C=O) groups excluding carboxylic acids is 2. The van der Waals surface area contributed by atoms with Crippen LogP contribution in [0.25, 0.3) is 5.65 Å². The summed E-state index contributed by atoms with van der Waals surface area (Å²) >= 11 is 0. The fourth-order valence-corrected chi connectivity index (χ4v) is 4.15. The second kappa shape index (κ2) is 8.53. The second-order valence-corrected chi connectivity index (χ2v) is 8.38. The van der Waals surface area contributed by atoms with Crippen molar-refractivity contribution in [2.75, 3.05) is 24.2 Å². The molecule has 0 spiro atoms. The molecule has 0 unspecified atom stereocenters. The van der Waals surface area contributed by atoms with E-state index < -0.39 is 6.04 Å². The van der Waals surface area contributed by atoms with Gasteiger partial charge in [-0.15, -0.1) is 0 Å². The molecule has 1 saturated heterocycles. The van der Waals surface area contributed by atoms with Crippen molar-refractivity contribution in [3.63, 3.8) is 0 Å². The number of rotatable bonds is 5. The van der Waals surface area contributed by atoms with E-state index in [1.54, 1.807) is 11.9 Å². The van der Waals surface area contributed by atoms with Gasteiger partial charge in [-0.3, -0.25) is 4.79 Å². The van der Waals surface area contributed by atoms with Gasteiger partial charge in [0.15, 0.2) is 5.65 Å². The first-order valence-corrected chi connectivity index (χ1v) is 10.9. The van der Waals surface area contributed by atoms with E-state index in [4.69, 9.17) is 4.98 Å². The second-order valence-electron chi connectivity index (χ2n) is 8.38. The number of hydrogen-bond acceptors (Lipinski definition) is 4. The van der Waals surface area contributed by atoms with Gasteiger partial charge in [0.05, 0.1) is 17.1 Å². The molecule has 1 aromatic carbocycles. The Labute approximate surface area is 188 Å². The molecule has 8 heteroatoms. The molecule has 1 fully saturated rings. The van der Waals surface area contributed by atoms with Crippen LogP contribution in [0.5, 0.6) is 0 Å². The number of anilines is 2. The zero-order valence-corrected chi connectivity index (χ0v) is 19.2. The van der Waals surface area contributed by atoms with Crippen LogP contribution >= 0.6 is 0 Å². The average Bonchev–Trinajstić information content (AvgIpc) is 3.01. The molecule has 3 heterocycles. The van der Waals surface area contributed by atoms with Crippen LogP contribution in [0.2, 0.25) is 0 Å². The minimum absolute atomic E-state index is 0.186. The molecule has 1 aliphatic heterocycles. The number of likely N-dealkylation sites (tertiary alicyclic amines) is 1. The van der Waals surface area contributed by atoms with Gasteiger partial charge in [-0.25, -0.2) is 9.78 Å². The molecule has 32 heavy (non-hydrogen) atoms. The quantitative estimate of drug-likeness (QED) is 0.573. The first-order chi connectivity index (χ1) is 15.3. The summed E-state index contributed by atoms with van der Waals surface area (Å²) in [6.45, 7) is 9.44. The van der Waals surface area contributed by atoms with Crippen molar-refractivity contribution < 1.29 is 9.59 Å². The first-order valence-electron chi connectivity index (χ1n) is 10.9. The first kappa shape index (κ1) is 21.7. The van der Waals surface area contributed by atoms with Crippen LogP contribution in [0.3, 0.4) is 0 Å². The maximum atomic E-state index is 12.9. The van der Waals surface area contributed by atoms with Crippen molar-refractivity contribution in [2.24, 2.45) is 0 Å². The average molecular weight is 435 g/mol. The SMILES string of the molecule is CNC(=O)N1CC[C@H]1C(=O)Nc1cc(NCc2c(C)cccc2C)c2nc(C)c(C)n2c1. The molecule has 3 N–H and O–H groups in total. The number of nitrogens with one attached hydrogen (secondary N) is 3. The van der Waals surface area contributed by atoms with Crippen LogP contribution < -0.4 is 16.0 Å². The maximum absolute atomic E-state index is 12.9. The number of imidazole rings is 1. The van der Waals surface area contributed by atoms with Gasteiger partial charge in [-0.05, 0) is 56.9 Å². The summed E-state index contributed by atoms with van der Waals surface area (Å²) in [7, 11) is 1.57. The number of benzene rings is 1. The summed E-state index contributed by atoms with van der Waals surface area (Å²) in [6, 6.07) is 7.50. The highest BCUT2D eigenvalue weighted by molar-refractivity contribution is 5.98. The van der Waals surface area contributed by atoms with Crippen LogP contribution in [0.1, 0.15) is 34.5 Å². The Morgan fingerprint density at radius 2 is 1.88 bits per heavy atom. The third-order valence-electron chi connectivity index (χ3n) is 6.36. The summed E-state index contributed by atoms with van der Waals surface area (Å²) in [5.41, 5.74) is 7.99. The van der Waals surface area contributed by atoms with Gasteiger partial charge in [0.25, 0.3) is 0 Å². The molecular weight excluding hydrogens is 404 g/mol. The number of nitrogens with zero attached hydrogens (tertiary/aromatic N) is 3. The highest BCUT2D eigenvalue weighted by atomic mass is 16.2. The Morgan fingerprint density at radius 1 is 1.16 bits per heavy atom. The number of urea groups is 1. The molecule has 2 aromatic heterocycles. The smallest absolute Gasteiger partial charge is 0.317 e. The highest BCUT2D eigenvalue weighted by Crippen LogP contribution is 2.27. The largest absolute Gasteiger partial charge is 0.378 e. The fourth-order valence-electron chi connectivity index (χ4n) is 4.15. The third kappa shape index (κ3) is 3.88. The minimum Gasteiger partial charge on any atom is -0.378 e. The van der Waals surface area contributed by atoms with Crippen LogP contribution in [0.4, 0.5) is 16.2 Å². The van der Waals surface area contributed by atoms with Gasteiger partial charge in [0.2, 0.25) is 5.91 Å². The molecule has 4 rings (SSSR count). The molecule has 1 aliphatic rings. The zero-order chi connectivity index (χ0) is 23.0. The molecule has 3 amide bonds. The van der Waals surface area contributed by atoms with Crippen LogP contribution in [0, 0.1) is 27.7 Å². The topological polar surface area (TPSA) is 90.8 Å². The number of carbonyl (C=O) groups is 2. The summed E-state index contributed by atoms with van der Waals surface area (Å²) in [5.74, 6) is -0.186. The third-order valence-corrected chi connectivity index (χ3v) is 6.36. The summed E-state index contributed by atoms with van der Waals surface area (Å²) in [6.07, 6.45) is 2.54. The van der Waals surface area contributed by atoms with E-state index in [1.165, 1.54) is 16.7 Å². The van der Waals surface area contributed by atoms with Gasteiger partial charge >= 0.3 is 6.03 Å². The predicted octanol–water partition coefficient (Wildman–Crippen LogP) is 3.53. The van der Waals surface area contributed by atoms with E-state index in [-0.39, 0.29) is 11.9 Å². The summed E-state index contributed by atoms with van der Waals surface area (Å²) in [4.78, 5) is 31.0. The molecule has 0 radical (unpaired) electrons. The van der Waals surface area contributed by atoms with E-state index in [0.29, 0.717) is 25.2 Å². The molecule has 0 saturated carbocycles. The van der Waals surface area contributed by atoms with E-state index in [0.717, 1.165) is 22.7 Å². The van der Waals surface area contributed by atoms with Gasteiger partial charge in [0, 0.05) is 32.0 Å². The molecular formula is C24H30N6O2. The Balaban J connectivity index is 1.62. The van der Waals surface area contributed by atoms with Crippen molar-refractivity contribution >= 4 is 29.0 Å². The monoisotopic (exact) mass is 434 g/mol. The van der Waals surface area contributed by atoms with E-state index in [1.807, 2.05) is 30.5 Å². The van der Waals surface area contributed by atoms with Crippen molar-refractivity contribution in [2.45, 2.75) is 46.7 Å². The lowest BCUT2D eigenvalue weighted by atomic mass is 10.0. The van der Waals surface area contributed by atoms with E-state index >= 15 is 0 Å². The summed E-state index contributed by atoms with van der Waals surface area (Å²) in [5, 5.41) is 9.10. The molecule has 168 valence electrons. The van der Waals surface area contributed by atoms with Crippen molar-refractivity contribution in [1.29, 1.82) is 0 Å². The number of fused-ring (bicyclic) bond motifs is 1. The van der Waals surface area contributed by atoms with Crippen molar-refractivity contribution in [1.82, 2.24) is 19.6 Å². The maximum Gasteiger partial charge on any atom is 0.317 e. The highest BCUT2D eigenvalue weighted by Gasteiger charge is 2.37.